The molecule has 1 unspecified atom stereocenters. The zero-order valence-corrected chi connectivity index (χ0v) is 19.4. The number of amides is 1. The molecule has 2 aliphatic rings. The summed E-state index contributed by atoms with van der Waals surface area (Å²) in [7, 11) is -1.76. The van der Waals surface area contributed by atoms with Gasteiger partial charge in [-0.3, -0.25) is 14.5 Å². The van der Waals surface area contributed by atoms with E-state index in [0.29, 0.717) is 18.0 Å². The Bertz CT molecular complexity index is 903. The second-order valence-electron chi connectivity index (χ2n) is 9.03. The van der Waals surface area contributed by atoms with Crippen LogP contribution < -0.4 is 4.72 Å². The minimum Gasteiger partial charge on any atom is -0.341 e. The molecule has 1 atom stereocenters. The number of hydrogen-bond acceptors (Lipinski definition) is 5. The van der Waals surface area contributed by atoms with Crippen molar-refractivity contribution in [2.24, 2.45) is 10.9 Å². The Morgan fingerprint density at radius 2 is 1.83 bits per heavy atom. The van der Waals surface area contributed by atoms with Crippen LogP contribution in [0.25, 0.3) is 0 Å². The third-order valence-electron chi connectivity index (χ3n) is 6.05. The van der Waals surface area contributed by atoms with Gasteiger partial charge in [0.15, 0.2) is 0 Å². The first-order chi connectivity index (χ1) is 14.1. The SMILES string of the molecule is CC(C)CC(N=C1NS(=O)(=O)c2ccccc21)C(=O)N(C)C1CCN(C(C)C)CC1. The summed E-state index contributed by atoms with van der Waals surface area (Å²) in [5.74, 6) is 0.489. The normalized spacial score (nSPS) is 21.6. The highest BCUT2D eigenvalue weighted by molar-refractivity contribution is 7.90. The van der Waals surface area contributed by atoms with E-state index in [-0.39, 0.29) is 28.6 Å². The first-order valence-electron chi connectivity index (χ1n) is 10.8. The number of fused-ring (bicyclic) bond motifs is 1. The van der Waals surface area contributed by atoms with E-state index in [4.69, 9.17) is 0 Å². The van der Waals surface area contributed by atoms with Gasteiger partial charge in [0.2, 0.25) is 5.91 Å². The summed E-state index contributed by atoms with van der Waals surface area (Å²) >= 11 is 0. The predicted octanol–water partition coefficient (Wildman–Crippen LogP) is 2.47. The van der Waals surface area contributed by atoms with E-state index >= 15 is 0 Å². The smallest absolute Gasteiger partial charge is 0.263 e. The van der Waals surface area contributed by atoms with Gasteiger partial charge in [-0.1, -0.05) is 26.0 Å². The molecule has 7 nitrogen and oxygen atoms in total. The molecule has 2 heterocycles. The van der Waals surface area contributed by atoms with Crippen molar-refractivity contribution in [3.05, 3.63) is 29.8 Å². The van der Waals surface area contributed by atoms with Crippen LogP contribution >= 0.6 is 0 Å². The molecule has 0 spiro atoms. The molecule has 30 heavy (non-hydrogen) atoms. The number of carbonyl (C=O) groups is 1. The number of aliphatic imine (C=N–C) groups is 1. The monoisotopic (exact) mass is 434 g/mol. The van der Waals surface area contributed by atoms with Crippen molar-refractivity contribution in [3.63, 3.8) is 0 Å². The summed E-state index contributed by atoms with van der Waals surface area (Å²) in [5, 5.41) is 0. The van der Waals surface area contributed by atoms with Gasteiger partial charge in [0, 0.05) is 37.8 Å². The second kappa shape index (κ2) is 9.06. The number of likely N-dealkylation sites (tertiary alicyclic amines) is 1. The van der Waals surface area contributed by atoms with Gasteiger partial charge in [-0.25, -0.2) is 8.42 Å². The Hall–Kier alpha value is -1.93. The zero-order chi connectivity index (χ0) is 22.1. The van der Waals surface area contributed by atoms with Gasteiger partial charge in [-0.2, -0.15) is 0 Å². The topological polar surface area (TPSA) is 82.1 Å². The average molecular weight is 435 g/mol. The summed E-state index contributed by atoms with van der Waals surface area (Å²) in [6.07, 6.45) is 2.46. The number of sulfonamides is 1. The molecule has 0 aromatic heterocycles. The average Bonchev–Trinajstić information content (AvgIpc) is 2.96. The van der Waals surface area contributed by atoms with Crippen LogP contribution in [0.5, 0.6) is 0 Å². The number of rotatable bonds is 6. The maximum absolute atomic E-state index is 13.4. The Kier molecular flexibility index (Phi) is 6.87. The number of carbonyl (C=O) groups excluding carboxylic acids is 1. The fourth-order valence-electron chi connectivity index (χ4n) is 4.25. The lowest BCUT2D eigenvalue weighted by molar-refractivity contribution is -0.134. The van der Waals surface area contributed by atoms with Crippen LogP contribution in [0.2, 0.25) is 0 Å². The largest absolute Gasteiger partial charge is 0.341 e. The molecule has 1 aromatic rings. The van der Waals surface area contributed by atoms with Crippen molar-refractivity contribution in [2.45, 2.75) is 70.0 Å². The number of piperidine rings is 1. The van der Waals surface area contributed by atoms with Crippen molar-refractivity contribution < 1.29 is 13.2 Å². The molecule has 3 rings (SSSR count). The summed E-state index contributed by atoms with van der Waals surface area (Å²) in [5.41, 5.74) is 0.534. The van der Waals surface area contributed by atoms with Crippen molar-refractivity contribution >= 4 is 21.8 Å². The van der Waals surface area contributed by atoms with E-state index in [9.17, 15) is 13.2 Å². The minimum absolute atomic E-state index is 0.0391. The van der Waals surface area contributed by atoms with E-state index < -0.39 is 16.1 Å². The van der Waals surface area contributed by atoms with Gasteiger partial charge >= 0.3 is 0 Å². The highest BCUT2D eigenvalue weighted by Crippen LogP contribution is 2.25. The van der Waals surface area contributed by atoms with E-state index in [2.05, 4.69) is 28.5 Å². The van der Waals surface area contributed by atoms with E-state index in [1.807, 2.05) is 25.8 Å². The van der Waals surface area contributed by atoms with Crippen LogP contribution in [0.3, 0.4) is 0 Å². The number of nitrogens with zero attached hydrogens (tertiary/aromatic N) is 3. The van der Waals surface area contributed by atoms with Crippen LogP contribution in [0.15, 0.2) is 34.2 Å². The molecule has 166 valence electrons. The van der Waals surface area contributed by atoms with Gasteiger partial charge in [0.25, 0.3) is 10.0 Å². The first-order valence-corrected chi connectivity index (χ1v) is 12.3. The van der Waals surface area contributed by atoms with Crippen LogP contribution in [-0.2, 0) is 14.8 Å². The molecule has 1 N–H and O–H groups in total. The number of likely N-dealkylation sites (N-methyl/N-ethyl adjacent to an activating group) is 1. The first kappa shape index (κ1) is 22.7. The lowest BCUT2D eigenvalue weighted by Gasteiger charge is -2.39. The lowest BCUT2D eigenvalue weighted by atomic mass is 9.99. The van der Waals surface area contributed by atoms with Gasteiger partial charge in [0.1, 0.15) is 11.9 Å². The fraction of sp³-hybridized carbons (Fsp3) is 0.636. The third-order valence-corrected chi connectivity index (χ3v) is 7.45. The van der Waals surface area contributed by atoms with Crippen LogP contribution in [-0.4, -0.2) is 68.2 Å². The molecule has 1 fully saturated rings. The highest BCUT2D eigenvalue weighted by atomic mass is 32.2. The second-order valence-corrected chi connectivity index (χ2v) is 10.7. The van der Waals surface area contributed by atoms with Crippen molar-refractivity contribution in [1.82, 2.24) is 14.5 Å². The Balaban J connectivity index is 1.81. The summed E-state index contributed by atoms with van der Waals surface area (Å²) in [4.78, 5) is 22.5. The van der Waals surface area contributed by atoms with Gasteiger partial charge in [-0.05, 0) is 51.2 Å². The number of hydrogen-bond donors (Lipinski definition) is 1. The minimum atomic E-state index is -3.62. The number of nitrogens with one attached hydrogen (secondary N) is 1. The highest BCUT2D eigenvalue weighted by Gasteiger charge is 2.34. The molecular formula is C22H34N4O3S. The van der Waals surface area contributed by atoms with Crippen LogP contribution in [0.1, 0.15) is 52.5 Å². The molecule has 0 aliphatic carbocycles. The molecule has 0 radical (unpaired) electrons. The predicted molar refractivity (Wildman–Crippen MR) is 119 cm³/mol. The molecule has 2 aliphatic heterocycles. The van der Waals surface area contributed by atoms with E-state index in [0.717, 1.165) is 25.9 Å². The molecule has 0 saturated carbocycles. The maximum Gasteiger partial charge on any atom is 0.263 e. The third kappa shape index (κ3) is 4.86. The van der Waals surface area contributed by atoms with Crippen LogP contribution in [0, 0.1) is 5.92 Å². The Morgan fingerprint density at radius 3 is 2.43 bits per heavy atom. The molecule has 1 aromatic carbocycles. The fourth-order valence-corrected chi connectivity index (χ4v) is 5.48. The van der Waals surface area contributed by atoms with Crippen LogP contribution in [0.4, 0.5) is 0 Å². The maximum atomic E-state index is 13.4. The molecule has 1 saturated heterocycles. The summed E-state index contributed by atoms with van der Waals surface area (Å²) in [6, 6.07) is 6.86. The van der Waals surface area contributed by atoms with E-state index in [1.165, 1.54) is 0 Å². The Morgan fingerprint density at radius 1 is 1.20 bits per heavy atom. The summed E-state index contributed by atoms with van der Waals surface area (Å²) in [6.45, 7) is 10.5. The molecule has 0 bridgehead atoms. The summed E-state index contributed by atoms with van der Waals surface area (Å²) < 4.78 is 27.4. The van der Waals surface area contributed by atoms with Crippen molar-refractivity contribution in [3.8, 4) is 0 Å². The standard InChI is InChI=1S/C22H34N4O3S/c1-15(2)14-19(22(27)25(5)17-10-12-26(13-11-17)16(3)4)23-21-18-8-6-7-9-20(18)30(28,29)24-21/h6-9,15-17,19H,10-14H2,1-5H3,(H,23,24). The van der Waals surface area contributed by atoms with Gasteiger partial charge in [0.05, 0.1) is 4.90 Å². The molecule has 8 heteroatoms. The number of amidine groups is 1. The van der Waals surface area contributed by atoms with Gasteiger partial charge in [-0.15, -0.1) is 0 Å². The lowest BCUT2D eigenvalue weighted by Crippen LogP contribution is -2.49. The van der Waals surface area contributed by atoms with Crippen molar-refractivity contribution in [2.75, 3.05) is 20.1 Å². The van der Waals surface area contributed by atoms with Crippen molar-refractivity contribution in [1.29, 1.82) is 0 Å². The molecular weight excluding hydrogens is 400 g/mol. The Labute approximate surface area is 180 Å². The van der Waals surface area contributed by atoms with E-state index in [1.54, 1.807) is 24.3 Å². The van der Waals surface area contributed by atoms with Gasteiger partial charge < -0.3 is 9.80 Å². The molecule has 1 amide bonds. The number of benzene rings is 1. The quantitative estimate of drug-likeness (QED) is 0.746. The zero-order valence-electron chi connectivity index (χ0n) is 18.6.